The van der Waals surface area contributed by atoms with E-state index in [4.69, 9.17) is 4.74 Å². The Bertz CT molecular complexity index is 1270. The number of esters is 1. The van der Waals surface area contributed by atoms with Gasteiger partial charge in [0.15, 0.2) is 0 Å². The Balaban J connectivity index is 1.24. The van der Waals surface area contributed by atoms with E-state index in [9.17, 15) is 24.0 Å². The van der Waals surface area contributed by atoms with Crippen LogP contribution in [0.2, 0.25) is 0 Å². The van der Waals surface area contributed by atoms with Crippen molar-refractivity contribution in [1.82, 2.24) is 14.7 Å². The van der Waals surface area contributed by atoms with E-state index in [1.165, 1.54) is 17.9 Å². The molecule has 0 atom stereocenters. The van der Waals surface area contributed by atoms with Crippen LogP contribution in [0.3, 0.4) is 0 Å². The highest BCUT2D eigenvalue weighted by Gasteiger charge is 2.40. The number of imide groups is 1. The fraction of sp³-hybridized carbons (Fsp3) is 0.393. The van der Waals surface area contributed by atoms with Crippen molar-refractivity contribution in [3.05, 3.63) is 64.7 Å². The Hall–Kier alpha value is -4.01. The van der Waals surface area contributed by atoms with Crippen LogP contribution in [0.4, 0.5) is 0 Å². The van der Waals surface area contributed by atoms with Crippen molar-refractivity contribution in [2.75, 3.05) is 26.2 Å². The van der Waals surface area contributed by atoms with E-state index < -0.39 is 5.97 Å². The van der Waals surface area contributed by atoms with Gasteiger partial charge in [0.1, 0.15) is 5.75 Å². The molecule has 3 aliphatic rings. The van der Waals surface area contributed by atoms with Crippen LogP contribution in [0.25, 0.3) is 0 Å². The quantitative estimate of drug-likeness (QED) is 0.361. The van der Waals surface area contributed by atoms with Crippen LogP contribution in [0.5, 0.6) is 5.75 Å². The Labute approximate surface area is 215 Å². The molecule has 1 saturated carbocycles. The highest BCUT2D eigenvalue weighted by atomic mass is 16.5. The normalized spacial score (nSPS) is 18.1. The second-order valence-corrected chi connectivity index (χ2v) is 9.74. The lowest BCUT2D eigenvalue weighted by molar-refractivity contribution is -0.131. The highest BCUT2D eigenvalue weighted by Crippen LogP contribution is 2.31. The zero-order chi connectivity index (χ0) is 26.1. The molecule has 2 aromatic rings. The minimum absolute atomic E-state index is 0.0689. The van der Waals surface area contributed by atoms with Gasteiger partial charge < -0.3 is 14.5 Å². The van der Waals surface area contributed by atoms with Crippen LogP contribution in [-0.2, 0) is 4.79 Å². The number of fused-ring (bicyclic) bond motifs is 1. The van der Waals surface area contributed by atoms with Crippen LogP contribution >= 0.6 is 0 Å². The van der Waals surface area contributed by atoms with E-state index in [2.05, 4.69) is 0 Å². The van der Waals surface area contributed by atoms with Crippen molar-refractivity contribution < 1.29 is 28.7 Å². The summed E-state index contributed by atoms with van der Waals surface area (Å²) in [6.45, 7) is 2.67. The van der Waals surface area contributed by atoms with Crippen LogP contribution in [0, 0.1) is 0 Å². The zero-order valence-corrected chi connectivity index (χ0v) is 20.8. The highest BCUT2D eigenvalue weighted by molar-refractivity contribution is 6.22. The maximum Gasteiger partial charge on any atom is 0.308 e. The summed E-state index contributed by atoms with van der Waals surface area (Å²) in [7, 11) is 0. The van der Waals surface area contributed by atoms with Crippen molar-refractivity contribution in [2.45, 2.75) is 45.1 Å². The Morgan fingerprint density at radius 2 is 1.35 bits per heavy atom. The molecule has 5 rings (SSSR count). The summed E-state index contributed by atoms with van der Waals surface area (Å²) in [6, 6.07) is 11.1. The molecule has 0 radical (unpaired) electrons. The van der Waals surface area contributed by atoms with E-state index in [1.54, 1.807) is 46.2 Å². The first-order valence-corrected chi connectivity index (χ1v) is 12.7. The topological polar surface area (TPSA) is 104 Å². The molecule has 4 amide bonds. The van der Waals surface area contributed by atoms with Crippen LogP contribution in [-0.4, -0.2) is 76.5 Å². The first-order valence-electron chi connectivity index (χ1n) is 12.7. The summed E-state index contributed by atoms with van der Waals surface area (Å²) in [5.41, 5.74) is 1.42. The lowest BCUT2D eigenvalue weighted by Crippen LogP contribution is -2.50. The molecule has 2 aliphatic heterocycles. The number of benzene rings is 2. The van der Waals surface area contributed by atoms with Gasteiger partial charge in [0, 0.05) is 50.3 Å². The third-order valence-corrected chi connectivity index (χ3v) is 7.30. The van der Waals surface area contributed by atoms with Crippen LogP contribution < -0.4 is 4.74 Å². The number of carbonyl (C=O) groups excluding carboxylic acids is 5. The number of ether oxygens (including phenoxy) is 1. The van der Waals surface area contributed by atoms with E-state index in [1.807, 2.05) is 0 Å². The number of amides is 4. The van der Waals surface area contributed by atoms with Gasteiger partial charge in [0.25, 0.3) is 23.6 Å². The predicted octanol–water partition coefficient (Wildman–Crippen LogP) is 3.14. The molecule has 37 heavy (non-hydrogen) atoms. The molecule has 2 fully saturated rings. The summed E-state index contributed by atoms with van der Waals surface area (Å²) < 4.78 is 5.07. The van der Waals surface area contributed by atoms with Gasteiger partial charge in [0.2, 0.25) is 0 Å². The molecule has 0 N–H and O–H groups in total. The van der Waals surface area contributed by atoms with E-state index >= 15 is 0 Å². The SMILES string of the molecule is CC(=O)Oc1cccc(C(=O)N2CCN(C(=O)c3ccc4c(c3)C(=O)N(C3CCCCC3)C4=O)CC2)c1. The van der Waals surface area contributed by atoms with Crippen molar-refractivity contribution in [2.24, 2.45) is 0 Å². The Kier molecular flexibility index (Phi) is 6.78. The van der Waals surface area contributed by atoms with E-state index in [-0.39, 0.29) is 29.7 Å². The van der Waals surface area contributed by atoms with Gasteiger partial charge >= 0.3 is 5.97 Å². The van der Waals surface area contributed by atoms with Gasteiger partial charge in [-0.25, -0.2) is 0 Å². The van der Waals surface area contributed by atoms with Gasteiger partial charge in [0.05, 0.1) is 11.1 Å². The van der Waals surface area contributed by atoms with Crippen molar-refractivity contribution in [3.63, 3.8) is 0 Å². The number of nitrogens with zero attached hydrogens (tertiary/aromatic N) is 3. The van der Waals surface area contributed by atoms with E-state index in [0.29, 0.717) is 54.2 Å². The van der Waals surface area contributed by atoms with E-state index in [0.717, 1.165) is 32.1 Å². The fourth-order valence-electron chi connectivity index (χ4n) is 5.40. The standard InChI is InChI=1S/C28H29N3O6/c1-18(32)37-22-9-5-6-19(16-22)25(33)29-12-14-30(15-13-29)26(34)20-10-11-23-24(17-20)28(36)31(27(23)35)21-7-3-2-4-8-21/h5-6,9-11,16-17,21H,2-4,7-8,12-15H2,1H3. The van der Waals surface area contributed by atoms with Gasteiger partial charge in [-0.05, 0) is 49.2 Å². The minimum Gasteiger partial charge on any atom is -0.427 e. The largest absolute Gasteiger partial charge is 0.427 e. The number of hydrogen-bond donors (Lipinski definition) is 0. The van der Waals surface area contributed by atoms with Crippen LogP contribution in [0.1, 0.15) is 80.5 Å². The van der Waals surface area contributed by atoms with Gasteiger partial charge in [-0.15, -0.1) is 0 Å². The predicted molar refractivity (Wildman–Crippen MR) is 133 cm³/mol. The fourth-order valence-corrected chi connectivity index (χ4v) is 5.40. The molecule has 0 spiro atoms. The minimum atomic E-state index is -0.462. The molecule has 2 aromatic carbocycles. The third kappa shape index (κ3) is 4.85. The van der Waals surface area contributed by atoms with Gasteiger partial charge in [-0.1, -0.05) is 25.3 Å². The average molecular weight is 504 g/mol. The molecular weight excluding hydrogens is 474 g/mol. The number of hydrogen-bond acceptors (Lipinski definition) is 6. The number of piperazine rings is 1. The van der Waals surface area contributed by atoms with Crippen molar-refractivity contribution in [1.29, 1.82) is 0 Å². The summed E-state index contributed by atoms with van der Waals surface area (Å²) in [5.74, 6) is -1.17. The third-order valence-electron chi connectivity index (χ3n) is 7.30. The van der Waals surface area contributed by atoms with Crippen molar-refractivity contribution >= 4 is 29.6 Å². The average Bonchev–Trinajstić information content (AvgIpc) is 3.17. The first-order chi connectivity index (χ1) is 17.8. The van der Waals surface area contributed by atoms with Gasteiger partial charge in [-0.2, -0.15) is 0 Å². The molecule has 1 aliphatic carbocycles. The lowest BCUT2D eigenvalue weighted by Gasteiger charge is -2.35. The molecule has 1 saturated heterocycles. The van der Waals surface area contributed by atoms with Gasteiger partial charge in [-0.3, -0.25) is 28.9 Å². The number of rotatable bonds is 4. The molecule has 192 valence electrons. The summed E-state index contributed by atoms with van der Waals surface area (Å²) in [4.78, 5) is 68.1. The molecule has 0 aromatic heterocycles. The van der Waals surface area contributed by atoms with Crippen LogP contribution in [0.15, 0.2) is 42.5 Å². The number of carbonyl (C=O) groups is 5. The lowest BCUT2D eigenvalue weighted by atomic mass is 9.94. The Morgan fingerprint density at radius 1 is 0.757 bits per heavy atom. The molecule has 0 unspecified atom stereocenters. The first kappa shape index (κ1) is 24.7. The molecule has 2 heterocycles. The molecular formula is C28H29N3O6. The second kappa shape index (κ2) is 10.2. The second-order valence-electron chi connectivity index (χ2n) is 9.74. The smallest absolute Gasteiger partial charge is 0.308 e. The van der Waals surface area contributed by atoms with Crippen molar-refractivity contribution in [3.8, 4) is 5.75 Å². The summed E-state index contributed by atoms with van der Waals surface area (Å²) >= 11 is 0. The summed E-state index contributed by atoms with van der Waals surface area (Å²) in [6.07, 6.45) is 4.79. The molecule has 9 heteroatoms. The Morgan fingerprint density at radius 3 is 1.97 bits per heavy atom. The maximum absolute atomic E-state index is 13.2. The maximum atomic E-state index is 13.2. The summed E-state index contributed by atoms with van der Waals surface area (Å²) in [5, 5.41) is 0. The zero-order valence-electron chi connectivity index (χ0n) is 20.8. The monoisotopic (exact) mass is 503 g/mol. The molecule has 0 bridgehead atoms. The molecule has 9 nitrogen and oxygen atoms in total.